The van der Waals surface area contributed by atoms with Gasteiger partial charge in [-0.05, 0) is 89.1 Å². The topological polar surface area (TPSA) is 103 Å². The molecule has 0 saturated heterocycles. The summed E-state index contributed by atoms with van der Waals surface area (Å²) < 4.78 is 10.6. The molecule has 3 aromatic carbocycles. The fourth-order valence-electron chi connectivity index (χ4n) is 5.33. The fraction of sp³-hybridized carbons (Fsp3) is 0.188. The Bertz CT molecular complexity index is 1900. The molecule has 0 radical (unpaired) electrons. The molecule has 0 fully saturated rings. The van der Waals surface area contributed by atoms with E-state index in [0.717, 1.165) is 11.3 Å². The Morgan fingerprint density at radius 2 is 1.75 bits per heavy atom. The molecule has 2 amide bonds. The van der Waals surface area contributed by atoms with E-state index >= 15 is 0 Å². The van der Waals surface area contributed by atoms with Crippen molar-refractivity contribution in [2.45, 2.75) is 26.1 Å². The number of hydrogen-bond acceptors (Lipinski definition) is 5. The number of amides is 2. The van der Waals surface area contributed by atoms with Crippen molar-refractivity contribution < 1.29 is 14.3 Å². The number of hydrogen-bond donors (Lipinski definition) is 1. The number of aromatic nitrogens is 4. The predicted molar refractivity (Wildman–Crippen MR) is 170 cm³/mol. The number of methoxy groups -OCH3 is 1. The number of ether oxygens (including phenoxy) is 1. The van der Waals surface area contributed by atoms with Gasteiger partial charge in [0.1, 0.15) is 11.4 Å². The molecule has 5 aromatic rings. The summed E-state index contributed by atoms with van der Waals surface area (Å²) in [5.74, 6) is 0.0293. The Hall–Kier alpha value is -4.61. The molecule has 0 bridgehead atoms. The normalized spacial score (nSPS) is 13.3. The molecule has 1 aliphatic rings. The van der Waals surface area contributed by atoms with Crippen molar-refractivity contribution in [2.75, 3.05) is 13.7 Å². The average Bonchev–Trinajstić information content (AvgIpc) is 3.69. The summed E-state index contributed by atoms with van der Waals surface area (Å²) in [4.78, 5) is 43.1. The van der Waals surface area contributed by atoms with Gasteiger partial charge in [0.05, 0.1) is 41.8 Å². The van der Waals surface area contributed by atoms with Gasteiger partial charge in [-0.25, -0.2) is 9.48 Å². The van der Waals surface area contributed by atoms with Crippen LogP contribution in [0.1, 0.15) is 45.1 Å². The van der Waals surface area contributed by atoms with E-state index in [1.54, 1.807) is 57.8 Å². The fourth-order valence-corrected chi connectivity index (χ4v) is 5.76. The molecule has 44 heavy (non-hydrogen) atoms. The van der Waals surface area contributed by atoms with Crippen LogP contribution < -0.4 is 15.7 Å². The minimum atomic E-state index is -0.434. The number of carbonyl (C=O) groups excluding carboxylic acids is 2. The van der Waals surface area contributed by atoms with Crippen LogP contribution in [0.3, 0.4) is 0 Å². The quantitative estimate of drug-likeness (QED) is 0.249. The smallest absolute Gasteiger partial charge is 0.333 e. The van der Waals surface area contributed by atoms with E-state index in [1.165, 1.54) is 4.57 Å². The van der Waals surface area contributed by atoms with Gasteiger partial charge in [0.2, 0.25) is 0 Å². The van der Waals surface area contributed by atoms with Gasteiger partial charge in [-0.15, -0.1) is 0 Å². The number of rotatable bonds is 7. The molecule has 10 nitrogen and oxygen atoms in total. The lowest BCUT2D eigenvalue weighted by atomic mass is 10.1. The van der Waals surface area contributed by atoms with Crippen LogP contribution in [0, 0.1) is 0 Å². The highest BCUT2D eigenvalue weighted by Crippen LogP contribution is 2.27. The zero-order chi connectivity index (χ0) is 31.0. The average molecular weight is 676 g/mol. The van der Waals surface area contributed by atoms with Crippen LogP contribution >= 0.6 is 27.5 Å². The molecule has 0 unspecified atom stereocenters. The van der Waals surface area contributed by atoms with Crippen LogP contribution in [-0.2, 0) is 13.1 Å². The maximum Gasteiger partial charge on any atom is 0.333 e. The SMILES string of the molecule is COc1ccc([C@H](C)NC(=O)c2c3n(c(=O)n2-c2ccc(-n4cccn4)cc2)CCN(C(=O)c2ccc(Br)c(Cl)c2)C3)cc1. The maximum atomic E-state index is 14.1. The molecule has 12 heteroatoms. The summed E-state index contributed by atoms with van der Waals surface area (Å²) in [6.45, 7) is 2.47. The van der Waals surface area contributed by atoms with Gasteiger partial charge < -0.3 is 15.0 Å². The highest BCUT2D eigenvalue weighted by molar-refractivity contribution is 9.10. The molecule has 1 aliphatic heterocycles. The Morgan fingerprint density at radius 1 is 1.02 bits per heavy atom. The van der Waals surface area contributed by atoms with Gasteiger partial charge in [-0.1, -0.05) is 23.7 Å². The number of nitrogens with zero attached hydrogens (tertiary/aromatic N) is 5. The van der Waals surface area contributed by atoms with Gasteiger partial charge >= 0.3 is 5.69 Å². The van der Waals surface area contributed by atoms with Crippen LogP contribution in [0.5, 0.6) is 5.75 Å². The summed E-state index contributed by atoms with van der Waals surface area (Å²) in [5, 5.41) is 7.73. The van der Waals surface area contributed by atoms with Gasteiger partial charge in [-0.3, -0.25) is 18.7 Å². The third-order valence-corrected chi connectivity index (χ3v) is 8.92. The van der Waals surface area contributed by atoms with Crippen LogP contribution in [-0.4, -0.2) is 49.3 Å². The van der Waals surface area contributed by atoms with Gasteiger partial charge in [-0.2, -0.15) is 5.10 Å². The second kappa shape index (κ2) is 12.2. The molecule has 3 heterocycles. The van der Waals surface area contributed by atoms with Crippen molar-refractivity contribution in [3.8, 4) is 17.1 Å². The van der Waals surface area contributed by atoms with Crippen molar-refractivity contribution in [3.05, 3.63) is 128 Å². The largest absolute Gasteiger partial charge is 0.497 e. The Balaban J connectivity index is 1.39. The molecule has 1 N–H and O–H groups in total. The molecule has 224 valence electrons. The highest BCUT2D eigenvalue weighted by Gasteiger charge is 2.32. The Labute approximate surface area is 266 Å². The monoisotopic (exact) mass is 674 g/mol. The van der Waals surface area contributed by atoms with Gasteiger partial charge in [0.15, 0.2) is 0 Å². The van der Waals surface area contributed by atoms with E-state index in [-0.39, 0.29) is 36.4 Å². The minimum Gasteiger partial charge on any atom is -0.497 e. The molecule has 0 saturated carbocycles. The summed E-state index contributed by atoms with van der Waals surface area (Å²) in [6, 6.07) is 21.1. The first-order chi connectivity index (χ1) is 21.2. The van der Waals surface area contributed by atoms with E-state index < -0.39 is 5.91 Å². The lowest BCUT2D eigenvalue weighted by molar-refractivity contribution is 0.0706. The number of halogens is 2. The molecule has 1 atom stereocenters. The number of carbonyl (C=O) groups is 2. The van der Waals surface area contributed by atoms with Crippen molar-refractivity contribution in [1.29, 1.82) is 0 Å². The van der Waals surface area contributed by atoms with Crippen molar-refractivity contribution in [3.63, 3.8) is 0 Å². The van der Waals surface area contributed by atoms with E-state index in [9.17, 15) is 14.4 Å². The molecule has 0 spiro atoms. The maximum absolute atomic E-state index is 14.1. The second-order valence-corrected chi connectivity index (χ2v) is 11.6. The number of fused-ring (bicyclic) bond motifs is 1. The summed E-state index contributed by atoms with van der Waals surface area (Å²) >= 11 is 9.62. The first-order valence-corrected chi connectivity index (χ1v) is 15.1. The summed E-state index contributed by atoms with van der Waals surface area (Å²) in [7, 11) is 1.59. The molecule has 6 rings (SSSR count). The number of nitrogens with one attached hydrogen (secondary N) is 1. The lowest BCUT2D eigenvalue weighted by Gasteiger charge is -2.28. The first-order valence-electron chi connectivity index (χ1n) is 13.9. The number of imidazole rings is 1. The minimum absolute atomic E-state index is 0.0692. The van der Waals surface area contributed by atoms with E-state index in [1.807, 2.05) is 55.6 Å². The Kier molecular flexibility index (Phi) is 8.15. The zero-order valence-corrected chi connectivity index (χ0v) is 26.2. The van der Waals surface area contributed by atoms with E-state index in [0.29, 0.717) is 38.7 Å². The van der Waals surface area contributed by atoms with Crippen LogP contribution in [0.25, 0.3) is 11.4 Å². The standard InChI is InChI=1S/C32H28BrClN6O4/c1-20(21-4-11-25(44-2)12-5-21)36-30(41)29-28-19-37(31(42)22-6-13-26(33)27(34)18-22)16-17-38(28)32(43)40(29)24-9-7-23(8-10-24)39-15-3-14-35-39/h3-15,18,20H,16-17,19H2,1-2H3,(H,36,41)/t20-/m0/s1. The van der Waals surface area contributed by atoms with Crippen molar-refractivity contribution >= 4 is 39.3 Å². The third kappa shape index (κ3) is 5.56. The molecule has 0 aliphatic carbocycles. The molecular weight excluding hydrogens is 648 g/mol. The summed E-state index contributed by atoms with van der Waals surface area (Å²) in [5.41, 5.74) is 2.89. The third-order valence-electron chi connectivity index (χ3n) is 7.69. The molecule has 2 aromatic heterocycles. The molecular formula is C32H28BrClN6O4. The van der Waals surface area contributed by atoms with E-state index in [4.69, 9.17) is 16.3 Å². The highest BCUT2D eigenvalue weighted by atomic mass is 79.9. The van der Waals surface area contributed by atoms with Crippen LogP contribution in [0.4, 0.5) is 0 Å². The van der Waals surface area contributed by atoms with Gasteiger partial charge in [0.25, 0.3) is 11.8 Å². The van der Waals surface area contributed by atoms with Crippen LogP contribution in [0.15, 0.2) is 94.5 Å². The van der Waals surface area contributed by atoms with Crippen molar-refractivity contribution in [2.24, 2.45) is 0 Å². The number of benzene rings is 3. The first kappa shape index (κ1) is 29.5. The predicted octanol–water partition coefficient (Wildman–Crippen LogP) is 5.40. The summed E-state index contributed by atoms with van der Waals surface area (Å²) in [6.07, 6.45) is 3.50. The van der Waals surface area contributed by atoms with Gasteiger partial charge in [0, 0.05) is 35.5 Å². The zero-order valence-electron chi connectivity index (χ0n) is 23.9. The second-order valence-electron chi connectivity index (χ2n) is 10.4. The lowest BCUT2D eigenvalue weighted by Crippen LogP contribution is -2.41. The van der Waals surface area contributed by atoms with Crippen LogP contribution in [0.2, 0.25) is 5.02 Å². The van der Waals surface area contributed by atoms with Crippen molar-refractivity contribution in [1.82, 2.24) is 29.1 Å². The Morgan fingerprint density at radius 3 is 2.41 bits per heavy atom. The van der Waals surface area contributed by atoms with E-state index in [2.05, 4.69) is 26.3 Å².